The van der Waals surface area contributed by atoms with Crippen molar-refractivity contribution in [2.75, 3.05) is 20.3 Å². The topological polar surface area (TPSA) is 24.5 Å². The Kier molecular flexibility index (Phi) is 7.87. The summed E-state index contributed by atoms with van der Waals surface area (Å²) in [5.41, 5.74) is 3.79. The average molecular weight is 256 g/mol. The summed E-state index contributed by atoms with van der Waals surface area (Å²) in [6.45, 7) is 8.97. The Morgan fingerprint density at radius 3 is 2.78 bits per heavy atom. The second-order valence-electron chi connectivity index (χ2n) is 5.71. The lowest BCUT2D eigenvalue weighted by molar-refractivity contribution is 0.0593. The van der Waals surface area contributed by atoms with Crippen LogP contribution in [0.15, 0.2) is 0 Å². The summed E-state index contributed by atoms with van der Waals surface area (Å²) < 4.78 is 5.32. The van der Waals surface area contributed by atoms with Crippen molar-refractivity contribution in [3.05, 3.63) is 0 Å². The van der Waals surface area contributed by atoms with E-state index in [-0.39, 0.29) is 0 Å². The van der Waals surface area contributed by atoms with Crippen molar-refractivity contribution < 1.29 is 4.74 Å². The Bertz CT molecular complexity index is 211. The van der Waals surface area contributed by atoms with Gasteiger partial charge in [-0.15, -0.1) is 0 Å². The van der Waals surface area contributed by atoms with E-state index in [1.54, 1.807) is 7.11 Å². The number of hydrogen-bond acceptors (Lipinski definition) is 3. The fourth-order valence-corrected chi connectivity index (χ4v) is 2.77. The molecule has 0 bridgehead atoms. The van der Waals surface area contributed by atoms with Crippen LogP contribution < -0.4 is 5.43 Å². The highest BCUT2D eigenvalue weighted by Crippen LogP contribution is 2.20. The van der Waals surface area contributed by atoms with Gasteiger partial charge in [-0.1, -0.05) is 40.0 Å². The van der Waals surface area contributed by atoms with Crippen molar-refractivity contribution in [3.63, 3.8) is 0 Å². The van der Waals surface area contributed by atoms with Crippen LogP contribution in [0.1, 0.15) is 59.3 Å². The third-order valence-corrected chi connectivity index (χ3v) is 4.27. The Hall–Kier alpha value is -0.120. The molecule has 1 fully saturated rings. The van der Waals surface area contributed by atoms with Crippen LogP contribution >= 0.6 is 0 Å². The summed E-state index contributed by atoms with van der Waals surface area (Å²) in [7, 11) is 1.81. The predicted molar refractivity (Wildman–Crippen MR) is 77.5 cm³/mol. The van der Waals surface area contributed by atoms with E-state index in [9.17, 15) is 0 Å². The van der Waals surface area contributed by atoms with Crippen LogP contribution in [0.4, 0.5) is 0 Å². The molecule has 1 rings (SSSR count). The van der Waals surface area contributed by atoms with Gasteiger partial charge in [-0.05, 0) is 25.2 Å². The molecule has 1 aliphatic heterocycles. The highest BCUT2D eigenvalue weighted by molar-refractivity contribution is 4.80. The molecule has 3 atom stereocenters. The molecule has 0 unspecified atom stereocenters. The Morgan fingerprint density at radius 2 is 2.17 bits per heavy atom. The van der Waals surface area contributed by atoms with E-state index in [1.165, 1.54) is 45.1 Å². The number of nitrogens with zero attached hydrogens (tertiary/aromatic N) is 1. The van der Waals surface area contributed by atoms with Crippen molar-refractivity contribution in [2.45, 2.75) is 71.4 Å². The van der Waals surface area contributed by atoms with Gasteiger partial charge in [-0.25, -0.2) is 5.01 Å². The molecule has 1 aliphatic rings. The van der Waals surface area contributed by atoms with Gasteiger partial charge < -0.3 is 4.74 Å². The number of unbranched alkanes of at least 4 members (excludes halogenated alkanes) is 1. The van der Waals surface area contributed by atoms with Crippen molar-refractivity contribution in [3.8, 4) is 0 Å². The van der Waals surface area contributed by atoms with Crippen LogP contribution in [0.3, 0.4) is 0 Å². The van der Waals surface area contributed by atoms with Gasteiger partial charge in [0, 0.05) is 25.7 Å². The van der Waals surface area contributed by atoms with Crippen LogP contribution in [-0.2, 0) is 4.74 Å². The molecule has 0 aliphatic carbocycles. The molecule has 1 N–H and O–H groups in total. The molecule has 108 valence electrons. The van der Waals surface area contributed by atoms with Crippen LogP contribution in [0, 0.1) is 5.92 Å². The number of rotatable bonds is 9. The maximum atomic E-state index is 5.32. The fraction of sp³-hybridized carbons (Fsp3) is 1.00. The van der Waals surface area contributed by atoms with Gasteiger partial charge in [0.2, 0.25) is 0 Å². The van der Waals surface area contributed by atoms with Crippen molar-refractivity contribution in [2.24, 2.45) is 5.92 Å². The van der Waals surface area contributed by atoms with E-state index in [4.69, 9.17) is 4.74 Å². The third kappa shape index (κ3) is 4.87. The summed E-state index contributed by atoms with van der Waals surface area (Å²) in [5.74, 6) is 0.750. The number of nitrogens with one attached hydrogen (secondary N) is 1. The molecule has 0 aromatic rings. The molecule has 0 amide bonds. The number of hydrazine groups is 1. The largest absolute Gasteiger partial charge is 0.383 e. The van der Waals surface area contributed by atoms with Gasteiger partial charge >= 0.3 is 0 Å². The highest BCUT2D eigenvalue weighted by atomic mass is 16.5. The maximum absolute atomic E-state index is 5.32. The fourth-order valence-electron chi connectivity index (χ4n) is 2.77. The molecule has 0 radical (unpaired) electrons. The number of hydrogen-bond donors (Lipinski definition) is 1. The Labute approximate surface area is 113 Å². The van der Waals surface area contributed by atoms with Gasteiger partial charge in [0.1, 0.15) is 0 Å². The lowest BCUT2D eigenvalue weighted by Gasteiger charge is -2.33. The number of ether oxygens (including phenoxy) is 1. The maximum Gasteiger partial charge on any atom is 0.0632 e. The molecule has 0 aromatic heterocycles. The first-order chi connectivity index (χ1) is 8.72. The lowest BCUT2D eigenvalue weighted by Crippen LogP contribution is -2.50. The van der Waals surface area contributed by atoms with Gasteiger partial charge in [0.05, 0.1) is 6.61 Å². The first-order valence-electron chi connectivity index (χ1n) is 7.74. The van der Waals surface area contributed by atoms with Crippen LogP contribution in [0.25, 0.3) is 0 Å². The first-order valence-corrected chi connectivity index (χ1v) is 7.74. The van der Waals surface area contributed by atoms with Gasteiger partial charge in [-0.3, -0.25) is 5.43 Å². The number of methoxy groups -OCH3 is 1. The monoisotopic (exact) mass is 256 g/mol. The SMILES string of the molecule is CCCC[C@@H](NN1CCC[C@H]1COC)[C@H](C)CC. The smallest absolute Gasteiger partial charge is 0.0632 e. The zero-order chi connectivity index (χ0) is 13.4. The zero-order valence-electron chi connectivity index (χ0n) is 12.7. The molecule has 3 nitrogen and oxygen atoms in total. The van der Waals surface area contributed by atoms with E-state index in [0.717, 1.165) is 12.5 Å². The second-order valence-corrected chi connectivity index (χ2v) is 5.71. The zero-order valence-corrected chi connectivity index (χ0v) is 12.7. The van der Waals surface area contributed by atoms with Crippen LogP contribution in [0.5, 0.6) is 0 Å². The molecule has 1 heterocycles. The first kappa shape index (κ1) is 15.9. The average Bonchev–Trinajstić information content (AvgIpc) is 2.81. The van der Waals surface area contributed by atoms with Gasteiger partial charge in [0.15, 0.2) is 0 Å². The standard InChI is InChI=1S/C15H32N2O/c1-5-7-10-15(13(3)6-2)16-17-11-8-9-14(17)12-18-4/h13-16H,5-12H2,1-4H3/t13-,14+,15-/m1/s1. The molecule has 18 heavy (non-hydrogen) atoms. The van der Waals surface area contributed by atoms with E-state index >= 15 is 0 Å². The molecule has 1 saturated heterocycles. The minimum atomic E-state index is 0.572. The molecule has 3 heteroatoms. The molecule has 0 aromatic carbocycles. The Balaban J connectivity index is 2.47. The minimum absolute atomic E-state index is 0.572. The quantitative estimate of drug-likeness (QED) is 0.685. The van der Waals surface area contributed by atoms with Crippen molar-refractivity contribution in [1.29, 1.82) is 0 Å². The molecular weight excluding hydrogens is 224 g/mol. The molecule has 0 spiro atoms. The summed E-state index contributed by atoms with van der Waals surface area (Å²) in [4.78, 5) is 0. The van der Waals surface area contributed by atoms with E-state index in [2.05, 4.69) is 31.2 Å². The van der Waals surface area contributed by atoms with Crippen LogP contribution in [0.2, 0.25) is 0 Å². The predicted octanol–water partition coefficient (Wildman–Crippen LogP) is 3.21. The van der Waals surface area contributed by atoms with Crippen molar-refractivity contribution in [1.82, 2.24) is 10.4 Å². The van der Waals surface area contributed by atoms with Crippen molar-refractivity contribution >= 4 is 0 Å². The molecular formula is C15H32N2O. The summed E-state index contributed by atoms with van der Waals surface area (Å²) in [5, 5.41) is 2.44. The lowest BCUT2D eigenvalue weighted by atomic mass is 9.95. The molecule has 0 saturated carbocycles. The summed E-state index contributed by atoms with van der Waals surface area (Å²) in [6.07, 6.45) is 7.72. The second kappa shape index (κ2) is 8.89. The van der Waals surface area contributed by atoms with Gasteiger partial charge in [-0.2, -0.15) is 0 Å². The Morgan fingerprint density at radius 1 is 1.39 bits per heavy atom. The minimum Gasteiger partial charge on any atom is -0.383 e. The normalized spacial score (nSPS) is 24.3. The van der Waals surface area contributed by atoms with E-state index in [0.29, 0.717) is 12.1 Å². The van der Waals surface area contributed by atoms with E-state index < -0.39 is 0 Å². The van der Waals surface area contributed by atoms with E-state index in [1.807, 2.05) is 0 Å². The van der Waals surface area contributed by atoms with Crippen LogP contribution in [-0.4, -0.2) is 37.4 Å². The summed E-state index contributed by atoms with van der Waals surface area (Å²) >= 11 is 0. The van der Waals surface area contributed by atoms with Gasteiger partial charge in [0.25, 0.3) is 0 Å². The highest BCUT2D eigenvalue weighted by Gasteiger charge is 2.27. The summed E-state index contributed by atoms with van der Waals surface area (Å²) in [6, 6.07) is 1.20. The third-order valence-electron chi connectivity index (χ3n) is 4.27.